The molecule has 0 aromatic heterocycles. The Labute approximate surface area is 134 Å². The molecule has 1 heterocycles. The summed E-state index contributed by atoms with van der Waals surface area (Å²) < 4.78 is 40.2. The van der Waals surface area contributed by atoms with Crippen LogP contribution >= 0.6 is 0 Å². The monoisotopic (exact) mass is 345 g/mol. The number of nitrogens with two attached hydrogens (primary N) is 1. The van der Waals surface area contributed by atoms with Crippen molar-refractivity contribution in [3.63, 3.8) is 0 Å². The van der Waals surface area contributed by atoms with E-state index in [9.17, 15) is 27.6 Å². The predicted molar refractivity (Wildman–Crippen MR) is 74.5 cm³/mol. The average molecular weight is 345 g/mol. The lowest BCUT2D eigenvalue weighted by Crippen LogP contribution is -2.41. The fourth-order valence-electron chi connectivity index (χ4n) is 2.31. The summed E-state index contributed by atoms with van der Waals surface area (Å²) in [6.07, 6.45) is -5.01. The van der Waals surface area contributed by atoms with E-state index in [1.165, 1.54) is 19.1 Å². The molecule has 3 N–H and O–H groups in total. The van der Waals surface area contributed by atoms with Gasteiger partial charge in [0.15, 0.2) is 0 Å². The minimum absolute atomic E-state index is 0.176. The van der Waals surface area contributed by atoms with Crippen LogP contribution in [-0.2, 0) is 15.1 Å². The van der Waals surface area contributed by atoms with Crippen LogP contribution in [-0.4, -0.2) is 35.7 Å². The third-order valence-electron chi connectivity index (χ3n) is 3.52. The summed E-state index contributed by atoms with van der Waals surface area (Å²) >= 11 is 0. The Hall–Kier alpha value is -2.78. The molecular formula is C14H14F3N3O4. The van der Waals surface area contributed by atoms with Crippen molar-refractivity contribution in [1.82, 2.24) is 10.2 Å². The van der Waals surface area contributed by atoms with Crippen molar-refractivity contribution in [2.75, 3.05) is 6.54 Å². The molecule has 0 bridgehead atoms. The van der Waals surface area contributed by atoms with E-state index in [0.717, 1.165) is 17.0 Å². The van der Waals surface area contributed by atoms with Gasteiger partial charge in [-0.2, -0.15) is 0 Å². The maximum atomic E-state index is 12.4. The van der Waals surface area contributed by atoms with Crippen LogP contribution < -0.4 is 15.8 Å². The molecule has 24 heavy (non-hydrogen) atoms. The van der Waals surface area contributed by atoms with E-state index in [4.69, 9.17) is 5.73 Å². The van der Waals surface area contributed by atoms with Gasteiger partial charge in [-0.25, -0.2) is 4.79 Å². The van der Waals surface area contributed by atoms with E-state index in [0.29, 0.717) is 0 Å². The van der Waals surface area contributed by atoms with Crippen LogP contribution in [0.1, 0.15) is 18.9 Å². The molecule has 4 amide bonds. The van der Waals surface area contributed by atoms with Crippen molar-refractivity contribution < 1.29 is 32.3 Å². The summed E-state index contributed by atoms with van der Waals surface area (Å²) in [6, 6.07) is 3.87. The number of ether oxygens (including phenoxy) is 1. The molecule has 0 spiro atoms. The lowest BCUT2D eigenvalue weighted by atomic mass is 9.92. The molecule has 0 aliphatic carbocycles. The van der Waals surface area contributed by atoms with Crippen molar-refractivity contribution in [2.45, 2.75) is 25.2 Å². The van der Waals surface area contributed by atoms with Crippen molar-refractivity contribution >= 4 is 17.8 Å². The number of benzene rings is 1. The zero-order valence-electron chi connectivity index (χ0n) is 12.5. The number of nitrogens with one attached hydrogen (secondary N) is 1. The SMILES string of the molecule is CC1(c2ccc(OC(F)(F)F)cc2)NC(=O)N(CCC(N)=O)C1=O. The van der Waals surface area contributed by atoms with E-state index >= 15 is 0 Å². The van der Waals surface area contributed by atoms with E-state index in [1.807, 2.05) is 0 Å². The van der Waals surface area contributed by atoms with Crippen LogP contribution in [0, 0.1) is 0 Å². The molecule has 1 aliphatic heterocycles. The van der Waals surface area contributed by atoms with Crippen LogP contribution in [0.4, 0.5) is 18.0 Å². The number of imide groups is 1. The normalized spacial score (nSPS) is 20.9. The minimum Gasteiger partial charge on any atom is -0.406 e. The van der Waals surface area contributed by atoms with E-state index in [1.54, 1.807) is 0 Å². The largest absolute Gasteiger partial charge is 0.573 e. The zero-order chi connectivity index (χ0) is 18.1. The smallest absolute Gasteiger partial charge is 0.406 e. The first-order valence-electron chi connectivity index (χ1n) is 6.81. The molecule has 0 saturated carbocycles. The first kappa shape index (κ1) is 17.6. The molecule has 1 aliphatic rings. The maximum absolute atomic E-state index is 12.4. The Morgan fingerprint density at radius 2 is 1.88 bits per heavy atom. The summed E-state index contributed by atoms with van der Waals surface area (Å²) in [7, 11) is 0. The van der Waals surface area contributed by atoms with Crippen LogP contribution in [0.5, 0.6) is 5.75 Å². The lowest BCUT2D eigenvalue weighted by Gasteiger charge is -2.22. The third-order valence-corrected chi connectivity index (χ3v) is 3.52. The lowest BCUT2D eigenvalue weighted by molar-refractivity contribution is -0.274. The van der Waals surface area contributed by atoms with E-state index < -0.39 is 35.5 Å². The minimum atomic E-state index is -4.83. The van der Waals surface area contributed by atoms with Gasteiger partial charge in [0.25, 0.3) is 5.91 Å². The number of amides is 4. The molecule has 1 saturated heterocycles. The summed E-state index contributed by atoms with van der Waals surface area (Å²) in [6.45, 7) is 1.24. The Morgan fingerprint density at radius 1 is 1.29 bits per heavy atom. The molecular weight excluding hydrogens is 331 g/mol. The number of halogens is 3. The van der Waals surface area contributed by atoms with Crippen LogP contribution in [0.15, 0.2) is 24.3 Å². The second-order valence-electron chi connectivity index (χ2n) is 5.30. The highest BCUT2D eigenvalue weighted by atomic mass is 19.4. The number of primary amides is 1. The van der Waals surface area contributed by atoms with Crippen LogP contribution in [0.25, 0.3) is 0 Å². The molecule has 1 fully saturated rings. The van der Waals surface area contributed by atoms with E-state index in [-0.39, 0.29) is 18.5 Å². The number of carbonyl (C=O) groups is 3. The highest BCUT2D eigenvalue weighted by Gasteiger charge is 2.48. The number of carbonyl (C=O) groups excluding carboxylic acids is 3. The Balaban J connectivity index is 2.20. The molecule has 0 radical (unpaired) electrons. The van der Waals surface area contributed by atoms with Gasteiger partial charge < -0.3 is 15.8 Å². The predicted octanol–water partition coefficient (Wildman–Crippen LogP) is 1.23. The molecule has 1 aromatic rings. The summed E-state index contributed by atoms with van der Waals surface area (Å²) in [5.74, 6) is -1.74. The van der Waals surface area contributed by atoms with Gasteiger partial charge in [-0.3, -0.25) is 14.5 Å². The van der Waals surface area contributed by atoms with Crippen LogP contribution in [0.2, 0.25) is 0 Å². The third kappa shape index (κ3) is 3.58. The highest BCUT2D eigenvalue weighted by molar-refractivity contribution is 6.07. The summed E-state index contributed by atoms with van der Waals surface area (Å²) in [5.41, 5.74) is 3.81. The number of rotatable bonds is 5. The second-order valence-corrected chi connectivity index (χ2v) is 5.30. The second kappa shape index (κ2) is 6.02. The van der Waals surface area contributed by atoms with Gasteiger partial charge in [-0.15, -0.1) is 13.2 Å². The number of hydrogen-bond donors (Lipinski definition) is 2. The standard InChI is InChI=1S/C14H14F3N3O4/c1-13(8-2-4-9(5-3-8)24-14(15,16)17)11(22)20(12(23)19-13)7-6-10(18)21/h2-5H,6-7H2,1H3,(H2,18,21)(H,19,23). The molecule has 7 nitrogen and oxygen atoms in total. The van der Waals surface area contributed by atoms with Gasteiger partial charge in [0.2, 0.25) is 5.91 Å². The van der Waals surface area contributed by atoms with Gasteiger partial charge >= 0.3 is 12.4 Å². The van der Waals surface area contributed by atoms with E-state index in [2.05, 4.69) is 10.1 Å². The highest BCUT2D eigenvalue weighted by Crippen LogP contribution is 2.31. The molecule has 1 atom stereocenters. The molecule has 2 rings (SSSR count). The average Bonchev–Trinajstić information content (AvgIpc) is 2.67. The number of hydrogen-bond acceptors (Lipinski definition) is 4. The zero-order valence-corrected chi connectivity index (χ0v) is 12.5. The van der Waals surface area contributed by atoms with Gasteiger partial charge in [0.1, 0.15) is 11.3 Å². The van der Waals surface area contributed by atoms with Gasteiger partial charge in [0, 0.05) is 13.0 Å². The van der Waals surface area contributed by atoms with Crippen molar-refractivity contribution in [3.8, 4) is 5.75 Å². The van der Waals surface area contributed by atoms with Gasteiger partial charge in [0.05, 0.1) is 0 Å². The molecule has 10 heteroatoms. The maximum Gasteiger partial charge on any atom is 0.573 e. The number of alkyl halides is 3. The topological polar surface area (TPSA) is 102 Å². The molecule has 1 unspecified atom stereocenters. The Morgan fingerprint density at radius 3 is 2.38 bits per heavy atom. The van der Waals surface area contributed by atoms with Crippen molar-refractivity contribution in [1.29, 1.82) is 0 Å². The van der Waals surface area contributed by atoms with Gasteiger partial charge in [-0.1, -0.05) is 12.1 Å². The van der Waals surface area contributed by atoms with Gasteiger partial charge in [-0.05, 0) is 24.6 Å². The first-order chi connectivity index (χ1) is 11.0. The van der Waals surface area contributed by atoms with Crippen molar-refractivity contribution in [3.05, 3.63) is 29.8 Å². The number of nitrogens with zero attached hydrogens (tertiary/aromatic N) is 1. The van der Waals surface area contributed by atoms with Crippen LogP contribution in [0.3, 0.4) is 0 Å². The Bertz CT molecular complexity index is 675. The fourth-order valence-corrected chi connectivity index (χ4v) is 2.31. The molecule has 1 aromatic carbocycles. The number of urea groups is 1. The summed E-state index contributed by atoms with van der Waals surface area (Å²) in [5, 5.41) is 2.46. The quantitative estimate of drug-likeness (QED) is 0.784. The van der Waals surface area contributed by atoms with Crippen molar-refractivity contribution in [2.24, 2.45) is 5.73 Å². The fraction of sp³-hybridized carbons (Fsp3) is 0.357. The Kier molecular flexibility index (Phi) is 4.41. The molecule has 130 valence electrons. The summed E-state index contributed by atoms with van der Waals surface area (Å²) in [4.78, 5) is 36.0. The first-order valence-corrected chi connectivity index (χ1v) is 6.81.